The van der Waals surface area contributed by atoms with E-state index in [1.54, 1.807) is 0 Å². The number of H-pyrrole nitrogens is 1. The number of nitrogens with zero attached hydrogens (tertiary/aromatic N) is 4. The number of carbonyl (C=O) groups excluding carboxylic acids is 1. The zero-order chi connectivity index (χ0) is 29.4. The van der Waals surface area contributed by atoms with Crippen molar-refractivity contribution in [2.24, 2.45) is 11.8 Å². The number of piperazine rings is 1. The summed E-state index contributed by atoms with van der Waals surface area (Å²) in [6, 6.07) is 16.6. The van der Waals surface area contributed by atoms with Crippen LogP contribution in [0.5, 0.6) is 0 Å². The van der Waals surface area contributed by atoms with E-state index in [1.165, 1.54) is 81.2 Å². The van der Waals surface area contributed by atoms with E-state index < -0.39 is 0 Å². The number of aromatic nitrogens is 1. The van der Waals surface area contributed by atoms with Crippen molar-refractivity contribution in [3.8, 4) is 6.07 Å². The highest BCUT2D eigenvalue weighted by Gasteiger charge is 2.24. The van der Waals surface area contributed by atoms with Gasteiger partial charge in [0.15, 0.2) is 5.78 Å². The SMILES string of the molecule is N#Cc1ccc2[nH]cc(CCCCN3CCN(c4ccc(C(=O)CCC5CCN(CC6CCCC6)CC5)cc4)CC3)c2c1. The number of hydrogen-bond donors (Lipinski definition) is 1. The lowest BCUT2D eigenvalue weighted by Crippen LogP contribution is -2.46. The molecule has 2 saturated heterocycles. The third kappa shape index (κ3) is 7.88. The number of fused-ring (bicyclic) bond motifs is 1. The van der Waals surface area contributed by atoms with Gasteiger partial charge in [-0.3, -0.25) is 9.69 Å². The number of nitriles is 1. The largest absolute Gasteiger partial charge is 0.369 e. The molecular formula is C37H49N5O. The Labute approximate surface area is 258 Å². The molecule has 0 bridgehead atoms. The van der Waals surface area contributed by atoms with Crippen LogP contribution in [0.4, 0.5) is 5.69 Å². The van der Waals surface area contributed by atoms with Crippen LogP contribution in [0.2, 0.25) is 0 Å². The van der Waals surface area contributed by atoms with Crippen molar-refractivity contribution < 1.29 is 4.79 Å². The number of nitrogens with one attached hydrogen (secondary N) is 1. The van der Waals surface area contributed by atoms with Crippen molar-refractivity contribution >= 4 is 22.4 Å². The number of ketones is 1. The van der Waals surface area contributed by atoms with Crippen LogP contribution in [-0.2, 0) is 6.42 Å². The Hall–Kier alpha value is -3.14. The zero-order valence-corrected chi connectivity index (χ0v) is 25.9. The van der Waals surface area contributed by atoms with Gasteiger partial charge in [0.05, 0.1) is 11.6 Å². The quantitative estimate of drug-likeness (QED) is 0.184. The molecule has 6 heteroatoms. The highest BCUT2D eigenvalue weighted by Crippen LogP contribution is 2.29. The number of carbonyl (C=O) groups is 1. The van der Waals surface area contributed by atoms with Gasteiger partial charge in [0, 0.05) is 67.5 Å². The topological polar surface area (TPSA) is 66.4 Å². The maximum absolute atomic E-state index is 13.0. The van der Waals surface area contributed by atoms with Crippen LogP contribution in [0.25, 0.3) is 10.9 Å². The third-order valence-electron chi connectivity index (χ3n) is 10.5. The molecule has 0 spiro atoms. The van der Waals surface area contributed by atoms with Gasteiger partial charge in [-0.1, -0.05) is 12.8 Å². The van der Waals surface area contributed by atoms with Gasteiger partial charge < -0.3 is 14.8 Å². The van der Waals surface area contributed by atoms with Gasteiger partial charge in [0.25, 0.3) is 0 Å². The molecular weight excluding hydrogens is 530 g/mol. The molecule has 0 radical (unpaired) electrons. The van der Waals surface area contributed by atoms with E-state index in [0.717, 1.165) is 74.5 Å². The Morgan fingerprint density at radius 2 is 1.63 bits per heavy atom. The van der Waals surface area contributed by atoms with Gasteiger partial charge in [-0.2, -0.15) is 5.26 Å². The molecule has 0 atom stereocenters. The fraction of sp³-hybridized carbons (Fsp3) is 0.568. The van der Waals surface area contributed by atoms with Gasteiger partial charge in [-0.25, -0.2) is 0 Å². The lowest BCUT2D eigenvalue weighted by Gasteiger charge is -2.36. The maximum atomic E-state index is 13.0. The first kappa shape index (κ1) is 29.9. The normalized spacial score (nSPS) is 19.3. The zero-order valence-electron chi connectivity index (χ0n) is 25.9. The summed E-state index contributed by atoms with van der Waals surface area (Å²) >= 11 is 0. The minimum absolute atomic E-state index is 0.308. The van der Waals surface area contributed by atoms with Crippen LogP contribution in [-0.4, -0.2) is 72.9 Å². The standard InChI is InChI=1S/C37H49N5O/c38-26-31-8-14-36-35(25-31)33(27-39-36)7-3-4-18-40-21-23-42(24-22-40)34-12-10-32(11-13-34)37(43)15-9-29-16-19-41(20-17-29)28-30-5-1-2-6-30/h8,10-14,25,27,29-30,39H,1-7,9,15-24,28H2. The highest BCUT2D eigenvalue weighted by molar-refractivity contribution is 5.96. The molecule has 3 aromatic rings. The molecule has 0 amide bonds. The van der Waals surface area contributed by atoms with E-state index in [4.69, 9.17) is 0 Å². The minimum atomic E-state index is 0.308. The molecule has 228 valence electrons. The predicted molar refractivity (Wildman–Crippen MR) is 176 cm³/mol. The first-order valence-electron chi connectivity index (χ1n) is 17.0. The van der Waals surface area contributed by atoms with Crippen molar-refractivity contribution in [1.82, 2.24) is 14.8 Å². The molecule has 3 heterocycles. The number of unbranched alkanes of at least 4 members (excludes halogenated alkanes) is 1. The number of benzene rings is 2. The number of piperidine rings is 1. The number of rotatable bonds is 12. The van der Waals surface area contributed by atoms with Crippen LogP contribution in [0.3, 0.4) is 0 Å². The average molecular weight is 580 g/mol. The number of aryl methyl sites for hydroxylation is 1. The van der Waals surface area contributed by atoms with Gasteiger partial charge in [-0.15, -0.1) is 0 Å². The third-order valence-corrected chi connectivity index (χ3v) is 10.5. The number of likely N-dealkylation sites (tertiary alicyclic amines) is 1. The Bertz CT molecular complexity index is 1370. The Balaban J connectivity index is 0.870. The van der Waals surface area contributed by atoms with Gasteiger partial charge in [0.2, 0.25) is 0 Å². The van der Waals surface area contributed by atoms with Crippen molar-refractivity contribution in [1.29, 1.82) is 5.26 Å². The summed E-state index contributed by atoms with van der Waals surface area (Å²) in [5.41, 5.74) is 5.27. The lowest BCUT2D eigenvalue weighted by molar-refractivity contribution is 0.0959. The van der Waals surface area contributed by atoms with Gasteiger partial charge >= 0.3 is 0 Å². The molecule has 1 aliphatic carbocycles. The lowest BCUT2D eigenvalue weighted by atomic mass is 9.90. The Morgan fingerprint density at radius 1 is 0.860 bits per heavy atom. The summed E-state index contributed by atoms with van der Waals surface area (Å²) in [6.07, 6.45) is 15.5. The number of hydrogen-bond acceptors (Lipinski definition) is 5. The molecule has 1 N–H and O–H groups in total. The Morgan fingerprint density at radius 3 is 2.37 bits per heavy atom. The summed E-state index contributed by atoms with van der Waals surface area (Å²) < 4.78 is 0. The van der Waals surface area contributed by atoms with Crippen LogP contribution < -0.4 is 4.90 Å². The van der Waals surface area contributed by atoms with E-state index in [-0.39, 0.29) is 0 Å². The summed E-state index contributed by atoms with van der Waals surface area (Å²) in [4.78, 5) is 24.0. The van der Waals surface area contributed by atoms with E-state index in [9.17, 15) is 10.1 Å². The van der Waals surface area contributed by atoms with E-state index in [2.05, 4.69) is 56.2 Å². The Kier molecular flexibility index (Phi) is 10.1. The molecule has 2 aromatic carbocycles. The van der Waals surface area contributed by atoms with E-state index >= 15 is 0 Å². The molecule has 6 nitrogen and oxygen atoms in total. The van der Waals surface area contributed by atoms with Crippen LogP contribution in [0, 0.1) is 23.2 Å². The first-order valence-corrected chi connectivity index (χ1v) is 17.0. The predicted octanol–water partition coefficient (Wildman–Crippen LogP) is 7.05. The summed E-state index contributed by atoms with van der Waals surface area (Å²) in [7, 11) is 0. The van der Waals surface area contributed by atoms with Crippen LogP contribution >= 0.6 is 0 Å². The van der Waals surface area contributed by atoms with Crippen molar-refractivity contribution in [2.45, 2.75) is 70.6 Å². The van der Waals surface area contributed by atoms with Gasteiger partial charge in [0.1, 0.15) is 0 Å². The van der Waals surface area contributed by atoms with Crippen LogP contribution in [0.1, 0.15) is 85.7 Å². The van der Waals surface area contributed by atoms with Crippen molar-refractivity contribution in [3.05, 3.63) is 65.4 Å². The second kappa shape index (κ2) is 14.6. The number of aromatic amines is 1. The summed E-state index contributed by atoms with van der Waals surface area (Å²) in [6.45, 7) is 9.13. The molecule has 1 aromatic heterocycles. The fourth-order valence-electron chi connectivity index (χ4n) is 7.69. The fourth-order valence-corrected chi connectivity index (χ4v) is 7.69. The second-order valence-electron chi connectivity index (χ2n) is 13.4. The summed E-state index contributed by atoms with van der Waals surface area (Å²) in [5.74, 6) is 1.97. The average Bonchev–Trinajstić information content (AvgIpc) is 3.72. The molecule has 1 saturated carbocycles. The minimum Gasteiger partial charge on any atom is -0.369 e. The van der Waals surface area contributed by atoms with Crippen LogP contribution in [0.15, 0.2) is 48.7 Å². The van der Waals surface area contributed by atoms with E-state index in [1.807, 2.05) is 18.2 Å². The van der Waals surface area contributed by atoms with Crippen molar-refractivity contribution in [2.75, 3.05) is 57.3 Å². The monoisotopic (exact) mass is 579 g/mol. The molecule has 3 fully saturated rings. The molecule has 2 aliphatic heterocycles. The molecule has 0 unspecified atom stereocenters. The number of Topliss-reactive ketones (excluding diaryl/α,β-unsaturated/α-hetero) is 1. The number of anilines is 1. The molecule has 6 rings (SSSR count). The first-order chi connectivity index (χ1) is 21.1. The smallest absolute Gasteiger partial charge is 0.162 e. The highest BCUT2D eigenvalue weighted by atomic mass is 16.1. The second-order valence-corrected chi connectivity index (χ2v) is 13.4. The van der Waals surface area contributed by atoms with Crippen molar-refractivity contribution in [3.63, 3.8) is 0 Å². The van der Waals surface area contributed by atoms with E-state index in [0.29, 0.717) is 18.1 Å². The van der Waals surface area contributed by atoms with Gasteiger partial charge in [-0.05, 0) is 131 Å². The molecule has 43 heavy (non-hydrogen) atoms. The summed E-state index contributed by atoms with van der Waals surface area (Å²) in [5, 5.41) is 10.4. The maximum Gasteiger partial charge on any atom is 0.162 e. The molecule has 3 aliphatic rings.